The molecule has 2 nitrogen and oxygen atoms in total. The fourth-order valence-electron chi connectivity index (χ4n) is 1.97. The Morgan fingerprint density at radius 3 is 2.60 bits per heavy atom. The second kappa shape index (κ2) is 6.01. The highest BCUT2D eigenvalue weighted by molar-refractivity contribution is 5.41. The first kappa shape index (κ1) is 14.5. The van der Waals surface area contributed by atoms with Crippen LogP contribution in [0.15, 0.2) is 36.4 Å². The van der Waals surface area contributed by atoms with Gasteiger partial charge in [0.15, 0.2) is 23.1 Å². The summed E-state index contributed by atoms with van der Waals surface area (Å²) in [5.74, 6) is -0.995. The lowest BCUT2D eigenvalue weighted by atomic mass is 10.1. The molecule has 4 heteroatoms. The Balaban J connectivity index is 2.39. The smallest absolute Gasteiger partial charge is 0.166 e. The van der Waals surface area contributed by atoms with Crippen molar-refractivity contribution >= 4 is 0 Å². The van der Waals surface area contributed by atoms with Crippen molar-refractivity contribution in [3.8, 4) is 11.5 Å². The molecule has 1 atom stereocenters. The third kappa shape index (κ3) is 3.33. The van der Waals surface area contributed by atoms with Crippen molar-refractivity contribution in [1.29, 1.82) is 0 Å². The molecule has 0 bridgehead atoms. The van der Waals surface area contributed by atoms with E-state index >= 15 is 0 Å². The molecule has 0 aromatic heterocycles. The Kier molecular flexibility index (Phi) is 4.35. The summed E-state index contributed by atoms with van der Waals surface area (Å²) in [6.45, 7) is 3.64. The van der Waals surface area contributed by atoms with E-state index in [2.05, 4.69) is 0 Å². The van der Waals surface area contributed by atoms with Crippen LogP contribution in [0.2, 0.25) is 0 Å². The van der Waals surface area contributed by atoms with E-state index in [1.807, 2.05) is 13.8 Å². The van der Waals surface area contributed by atoms with Gasteiger partial charge in [0.25, 0.3) is 0 Å². The number of nitrogens with two attached hydrogens (primary N) is 1. The van der Waals surface area contributed by atoms with Crippen molar-refractivity contribution in [3.05, 3.63) is 59.2 Å². The molecule has 2 aromatic rings. The number of hydrogen-bond acceptors (Lipinski definition) is 2. The van der Waals surface area contributed by atoms with E-state index in [9.17, 15) is 8.78 Å². The zero-order chi connectivity index (χ0) is 14.7. The van der Waals surface area contributed by atoms with Crippen molar-refractivity contribution < 1.29 is 13.5 Å². The fourth-order valence-corrected chi connectivity index (χ4v) is 1.97. The zero-order valence-electron chi connectivity index (χ0n) is 11.5. The highest BCUT2D eigenvalue weighted by atomic mass is 19.1. The van der Waals surface area contributed by atoms with Gasteiger partial charge >= 0.3 is 0 Å². The predicted molar refractivity (Wildman–Crippen MR) is 75.0 cm³/mol. The van der Waals surface area contributed by atoms with Crippen LogP contribution in [0.25, 0.3) is 0 Å². The lowest BCUT2D eigenvalue weighted by Gasteiger charge is -2.14. The molecule has 2 rings (SSSR count). The van der Waals surface area contributed by atoms with E-state index in [0.717, 1.165) is 5.56 Å². The van der Waals surface area contributed by atoms with Crippen molar-refractivity contribution in [2.45, 2.75) is 26.3 Å². The lowest BCUT2D eigenvalue weighted by Crippen LogP contribution is -2.18. The Bertz CT molecular complexity index is 611. The second-order valence-corrected chi connectivity index (χ2v) is 4.95. The van der Waals surface area contributed by atoms with Crippen molar-refractivity contribution in [2.24, 2.45) is 5.73 Å². The molecular formula is C16H17F2NO. The molecule has 0 fully saturated rings. The molecule has 1 unspecified atom stereocenters. The largest absolute Gasteiger partial charge is 0.451 e. The molecule has 2 N–H and O–H groups in total. The summed E-state index contributed by atoms with van der Waals surface area (Å²) in [6.07, 6.45) is 0.459. The molecule has 0 spiro atoms. The molecule has 0 radical (unpaired) electrons. The summed E-state index contributed by atoms with van der Waals surface area (Å²) in [5, 5.41) is 0. The van der Waals surface area contributed by atoms with Crippen LogP contribution in [-0.2, 0) is 6.42 Å². The maximum Gasteiger partial charge on any atom is 0.166 e. The minimum atomic E-state index is -0.524. The van der Waals surface area contributed by atoms with Crippen LogP contribution in [0, 0.1) is 18.6 Å². The normalized spacial score (nSPS) is 12.2. The Labute approximate surface area is 117 Å². The summed E-state index contributed by atoms with van der Waals surface area (Å²) in [4.78, 5) is 0. The highest BCUT2D eigenvalue weighted by Crippen LogP contribution is 2.31. The van der Waals surface area contributed by atoms with Crippen LogP contribution in [-0.4, -0.2) is 6.04 Å². The van der Waals surface area contributed by atoms with Gasteiger partial charge in [-0.15, -0.1) is 0 Å². The summed E-state index contributed by atoms with van der Waals surface area (Å²) in [7, 11) is 0. The molecule has 0 heterocycles. The first-order valence-corrected chi connectivity index (χ1v) is 6.44. The standard InChI is InChI=1S/C16H17F2NO/c1-10-6-7-13(17)15(8-10)20-16-12(9-11(2)19)4-3-5-14(16)18/h3-8,11H,9,19H2,1-2H3. The lowest BCUT2D eigenvalue weighted by molar-refractivity contribution is 0.408. The Morgan fingerprint density at radius 2 is 1.90 bits per heavy atom. The summed E-state index contributed by atoms with van der Waals surface area (Å²) in [6, 6.07) is 8.94. The van der Waals surface area contributed by atoms with Crippen molar-refractivity contribution in [1.82, 2.24) is 0 Å². The van der Waals surface area contributed by atoms with E-state index in [1.54, 1.807) is 18.2 Å². The van der Waals surface area contributed by atoms with Crippen LogP contribution in [0.4, 0.5) is 8.78 Å². The fraction of sp³-hybridized carbons (Fsp3) is 0.250. The molecule has 0 aliphatic rings. The van der Waals surface area contributed by atoms with Crippen LogP contribution in [0.1, 0.15) is 18.1 Å². The molecular weight excluding hydrogens is 260 g/mol. The first-order chi connectivity index (χ1) is 9.47. The maximum atomic E-state index is 13.9. The van der Waals surface area contributed by atoms with E-state index in [1.165, 1.54) is 18.2 Å². The van der Waals surface area contributed by atoms with E-state index < -0.39 is 11.6 Å². The number of hydrogen-bond donors (Lipinski definition) is 1. The number of para-hydroxylation sites is 1. The molecule has 0 aliphatic heterocycles. The molecule has 20 heavy (non-hydrogen) atoms. The maximum absolute atomic E-state index is 13.9. The third-order valence-electron chi connectivity index (χ3n) is 2.89. The average Bonchev–Trinajstić information content (AvgIpc) is 2.37. The van der Waals surface area contributed by atoms with Crippen LogP contribution in [0.3, 0.4) is 0 Å². The Hall–Kier alpha value is -1.94. The predicted octanol–water partition coefficient (Wildman–Crippen LogP) is 3.96. The van der Waals surface area contributed by atoms with E-state index in [0.29, 0.717) is 12.0 Å². The van der Waals surface area contributed by atoms with Gasteiger partial charge in [-0.05, 0) is 49.6 Å². The van der Waals surface area contributed by atoms with Crippen LogP contribution >= 0.6 is 0 Å². The number of benzene rings is 2. The van der Waals surface area contributed by atoms with Crippen molar-refractivity contribution in [3.63, 3.8) is 0 Å². The zero-order valence-corrected chi connectivity index (χ0v) is 11.5. The summed E-state index contributed by atoms with van der Waals surface area (Å²) in [5.41, 5.74) is 7.20. The van der Waals surface area contributed by atoms with Gasteiger partial charge in [0.1, 0.15) is 0 Å². The molecule has 0 aliphatic carbocycles. The Morgan fingerprint density at radius 1 is 1.15 bits per heavy atom. The average molecular weight is 277 g/mol. The van der Waals surface area contributed by atoms with E-state index in [-0.39, 0.29) is 17.5 Å². The first-order valence-electron chi connectivity index (χ1n) is 6.44. The monoisotopic (exact) mass is 277 g/mol. The van der Waals surface area contributed by atoms with Gasteiger partial charge in [-0.2, -0.15) is 0 Å². The van der Waals surface area contributed by atoms with Gasteiger partial charge in [-0.1, -0.05) is 18.2 Å². The summed E-state index contributed by atoms with van der Waals surface area (Å²) >= 11 is 0. The third-order valence-corrected chi connectivity index (χ3v) is 2.89. The van der Waals surface area contributed by atoms with Gasteiger partial charge < -0.3 is 10.5 Å². The topological polar surface area (TPSA) is 35.2 Å². The van der Waals surface area contributed by atoms with Gasteiger partial charge in [-0.3, -0.25) is 0 Å². The molecule has 0 saturated heterocycles. The number of halogens is 2. The van der Waals surface area contributed by atoms with Crippen LogP contribution in [0.5, 0.6) is 11.5 Å². The molecule has 0 saturated carbocycles. The number of rotatable bonds is 4. The van der Waals surface area contributed by atoms with Crippen LogP contribution < -0.4 is 10.5 Å². The molecule has 0 amide bonds. The molecule has 106 valence electrons. The highest BCUT2D eigenvalue weighted by Gasteiger charge is 2.14. The number of aryl methyl sites for hydroxylation is 1. The summed E-state index contributed by atoms with van der Waals surface area (Å²) < 4.78 is 33.1. The van der Waals surface area contributed by atoms with Gasteiger partial charge in [-0.25, -0.2) is 8.78 Å². The number of ether oxygens (including phenoxy) is 1. The van der Waals surface area contributed by atoms with Gasteiger partial charge in [0.05, 0.1) is 0 Å². The van der Waals surface area contributed by atoms with Gasteiger partial charge in [0, 0.05) is 6.04 Å². The second-order valence-electron chi connectivity index (χ2n) is 4.95. The minimum Gasteiger partial charge on any atom is -0.451 e. The molecule has 2 aromatic carbocycles. The SMILES string of the molecule is Cc1ccc(F)c(Oc2c(F)cccc2CC(C)N)c1. The van der Waals surface area contributed by atoms with E-state index in [4.69, 9.17) is 10.5 Å². The van der Waals surface area contributed by atoms with Gasteiger partial charge in [0.2, 0.25) is 0 Å². The minimum absolute atomic E-state index is 0.0148. The quantitative estimate of drug-likeness (QED) is 0.918. The van der Waals surface area contributed by atoms with Crippen molar-refractivity contribution in [2.75, 3.05) is 0 Å².